The first-order valence-corrected chi connectivity index (χ1v) is 9.73. The number of halogens is 2. The Bertz CT molecular complexity index is 633. The first kappa shape index (κ1) is 30.3. The van der Waals surface area contributed by atoms with Crippen LogP contribution < -0.4 is 4.74 Å². The van der Waals surface area contributed by atoms with E-state index >= 15 is 0 Å². The molecule has 0 unspecified atom stereocenters. The predicted molar refractivity (Wildman–Crippen MR) is 118 cm³/mol. The van der Waals surface area contributed by atoms with E-state index in [2.05, 4.69) is 0 Å². The molecule has 2 aromatic rings. The first-order chi connectivity index (χ1) is 13.6. The van der Waals surface area contributed by atoms with Crippen molar-refractivity contribution in [1.29, 1.82) is 0 Å². The minimum absolute atomic E-state index is 0.0204. The Morgan fingerprint density at radius 3 is 1.79 bits per heavy atom. The molecule has 0 atom stereocenters. The topological polar surface area (TPSA) is 43.4 Å². The summed E-state index contributed by atoms with van der Waals surface area (Å²) in [5.41, 5.74) is 0.525. The molecule has 5 heteroatoms. The molecule has 0 aromatic heterocycles. The SMILES string of the molecule is C/C=C/C=O.CC.CC.CC.O=Cc1ccc(Oc2c(F)cccc2Cl)cc1. The summed E-state index contributed by atoms with van der Waals surface area (Å²) in [5.74, 6) is -0.132. The number of allylic oxidation sites excluding steroid dienone is 2. The average Bonchev–Trinajstić information content (AvgIpc) is 2.77. The van der Waals surface area contributed by atoms with Gasteiger partial charge >= 0.3 is 0 Å². The van der Waals surface area contributed by atoms with Crippen LogP contribution >= 0.6 is 11.6 Å². The van der Waals surface area contributed by atoms with E-state index in [1.54, 1.807) is 43.3 Å². The fourth-order valence-corrected chi connectivity index (χ4v) is 1.59. The van der Waals surface area contributed by atoms with E-state index in [0.29, 0.717) is 11.3 Å². The Balaban J connectivity index is -0.000000481. The lowest BCUT2D eigenvalue weighted by molar-refractivity contribution is -0.104. The van der Waals surface area contributed by atoms with Crippen molar-refractivity contribution in [2.45, 2.75) is 48.5 Å². The van der Waals surface area contributed by atoms with Gasteiger partial charge in [-0.3, -0.25) is 9.59 Å². The average molecular weight is 411 g/mol. The lowest BCUT2D eigenvalue weighted by Crippen LogP contribution is -1.89. The summed E-state index contributed by atoms with van der Waals surface area (Å²) in [7, 11) is 0. The maximum atomic E-state index is 13.4. The minimum atomic E-state index is -0.531. The van der Waals surface area contributed by atoms with Crippen molar-refractivity contribution in [3.63, 3.8) is 0 Å². The second kappa shape index (κ2) is 22.6. The molecular formula is C23H32ClFO3. The summed E-state index contributed by atoms with van der Waals surface area (Å²) in [6.07, 6.45) is 4.60. The monoisotopic (exact) mass is 410 g/mol. The van der Waals surface area contributed by atoms with Gasteiger partial charge in [0.05, 0.1) is 5.02 Å². The molecule has 0 aliphatic heterocycles. The molecule has 0 radical (unpaired) electrons. The second-order valence-corrected chi connectivity index (χ2v) is 4.41. The zero-order valence-electron chi connectivity index (χ0n) is 17.8. The van der Waals surface area contributed by atoms with E-state index < -0.39 is 5.82 Å². The van der Waals surface area contributed by atoms with E-state index in [-0.39, 0.29) is 10.8 Å². The van der Waals surface area contributed by atoms with Gasteiger partial charge in [-0.15, -0.1) is 0 Å². The van der Waals surface area contributed by atoms with Crippen LogP contribution in [0.1, 0.15) is 58.8 Å². The molecule has 0 heterocycles. The van der Waals surface area contributed by atoms with Crippen LogP contribution in [0.3, 0.4) is 0 Å². The van der Waals surface area contributed by atoms with Crippen LogP contribution in [0, 0.1) is 5.82 Å². The lowest BCUT2D eigenvalue weighted by atomic mass is 10.2. The summed E-state index contributed by atoms with van der Waals surface area (Å²) < 4.78 is 18.7. The van der Waals surface area contributed by atoms with Crippen molar-refractivity contribution >= 4 is 24.2 Å². The number of ether oxygens (including phenoxy) is 1. The first-order valence-electron chi connectivity index (χ1n) is 9.36. The number of aldehydes is 2. The van der Waals surface area contributed by atoms with Gasteiger partial charge in [0.1, 0.15) is 18.3 Å². The van der Waals surface area contributed by atoms with Gasteiger partial charge < -0.3 is 4.74 Å². The van der Waals surface area contributed by atoms with E-state index in [4.69, 9.17) is 16.3 Å². The summed E-state index contributed by atoms with van der Waals surface area (Å²) >= 11 is 5.82. The third-order valence-electron chi connectivity index (χ3n) is 2.43. The molecule has 156 valence electrons. The quantitative estimate of drug-likeness (QED) is 0.379. The van der Waals surface area contributed by atoms with Crippen molar-refractivity contribution in [3.8, 4) is 11.5 Å². The van der Waals surface area contributed by atoms with E-state index in [1.165, 1.54) is 18.2 Å². The molecule has 0 aliphatic carbocycles. The van der Waals surface area contributed by atoms with E-state index in [1.807, 2.05) is 41.5 Å². The van der Waals surface area contributed by atoms with Gasteiger partial charge in [-0.2, -0.15) is 0 Å². The Morgan fingerprint density at radius 1 is 0.893 bits per heavy atom. The number of para-hydroxylation sites is 1. The van der Waals surface area contributed by atoms with Crippen molar-refractivity contribution < 1.29 is 18.7 Å². The van der Waals surface area contributed by atoms with E-state index in [9.17, 15) is 14.0 Å². The van der Waals surface area contributed by atoms with Gasteiger partial charge in [0, 0.05) is 5.56 Å². The fourth-order valence-electron chi connectivity index (χ4n) is 1.39. The van der Waals surface area contributed by atoms with Gasteiger partial charge in [-0.05, 0) is 49.4 Å². The lowest BCUT2D eigenvalue weighted by Gasteiger charge is -2.08. The van der Waals surface area contributed by atoms with Crippen LogP contribution in [0.4, 0.5) is 4.39 Å². The number of benzene rings is 2. The smallest absolute Gasteiger partial charge is 0.181 e. The normalized spacial score (nSPS) is 8.32. The standard InChI is InChI=1S/C13H8ClFO2.C4H6O.3C2H6/c14-11-2-1-3-12(15)13(11)17-10-6-4-9(8-16)5-7-10;1-2-3-4-5;3*1-2/h1-8H;2-4H,1H3;3*1-2H3/b;3-2+;;;. The molecule has 0 N–H and O–H groups in total. The van der Waals surface area contributed by atoms with Crippen LogP contribution in [-0.2, 0) is 4.79 Å². The molecule has 0 saturated heterocycles. The highest BCUT2D eigenvalue weighted by molar-refractivity contribution is 6.32. The van der Waals surface area contributed by atoms with Crippen LogP contribution in [0.5, 0.6) is 11.5 Å². The molecule has 0 aliphatic rings. The summed E-state index contributed by atoms with van der Waals surface area (Å²) in [6.45, 7) is 13.8. The molecule has 2 rings (SSSR count). The third kappa shape index (κ3) is 13.7. The fraction of sp³-hybridized carbons (Fsp3) is 0.304. The molecule has 0 amide bonds. The number of hydrogen-bond acceptors (Lipinski definition) is 3. The second-order valence-electron chi connectivity index (χ2n) is 4.00. The van der Waals surface area contributed by atoms with Crippen molar-refractivity contribution in [2.75, 3.05) is 0 Å². The van der Waals surface area contributed by atoms with Gasteiger partial charge in [0.15, 0.2) is 11.6 Å². The van der Waals surface area contributed by atoms with Crippen molar-refractivity contribution in [3.05, 3.63) is 71.0 Å². The Morgan fingerprint density at radius 2 is 1.43 bits per heavy atom. The molecule has 0 saturated carbocycles. The number of carbonyl (C=O) groups excluding carboxylic acids is 2. The zero-order chi connectivity index (χ0) is 22.4. The number of carbonyl (C=O) groups is 2. The zero-order valence-corrected chi connectivity index (χ0v) is 18.6. The van der Waals surface area contributed by atoms with E-state index in [0.717, 1.165) is 12.6 Å². The summed E-state index contributed by atoms with van der Waals surface area (Å²) in [6, 6.07) is 10.6. The summed E-state index contributed by atoms with van der Waals surface area (Å²) in [4.78, 5) is 19.8. The number of rotatable bonds is 4. The maximum Gasteiger partial charge on any atom is 0.181 e. The Labute approximate surface area is 174 Å². The highest BCUT2D eigenvalue weighted by Crippen LogP contribution is 2.31. The van der Waals surface area contributed by atoms with Crippen LogP contribution in [0.15, 0.2) is 54.6 Å². The third-order valence-corrected chi connectivity index (χ3v) is 2.72. The highest BCUT2D eigenvalue weighted by atomic mass is 35.5. The Hall–Kier alpha value is -2.46. The molecule has 2 aromatic carbocycles. The Kier molecular flexibility index (Phi) is 24.4. The molecule has 3 nitrogen and oxygen atoms in total. The summed E-state index contributed by atoms with van der Waals surface area (Å²) in [5, 5.41) is 0.199. The maximum absolute atomic E-state index is 13.4. The molecule has 0 fully saturated rings. The highest BCUT2D eigenvalue weighted by Gasteiger charge is 2.09. The van der Waals surface area contributed by atoms with Crippen molar-refractivity contribution in [1.82, 2.24) is 0 Å². The predicted octanol–water partition coefficient (Wildman–Crippen LogP) is 7.92. The van der Waals surface area contributed by atoms with Gasteiger partial charge in [-0.25, -0.2) is 4.39 Å². The van der Waals surface area contributed by atoms with Gasteiger partial charge in [0.25, 0.3) is 0 Å². The molecule has 0 bridgehead atoms. The van der Waals surface area contributed by atoms with Gasteiger partial charge in [0.2, 0.25) is 0 Å². The molecule has 28 heavy (non-hydrogen) atoms. The molecular weight excluding hydrogens is 379 g/mol. The van der Waals surface area contributed by atoms with Gasteiger partial charge in [-0.1, -0.05) is 65.3 Å². The van der Waals surface area contributed by atoms with Crippen molar-refractivity contribution in [2.24, 2.45) is 0 Å². The molecule has 0 spiro atoms. The van der Waals surface area contributed by atoms with Crippen LogP contribution in [-0.4, -0.2) is 12.6 Å². The van der Waals surface area contributed by atoms with Crippen LogP contribution in [0.25, 0.3) is 0 Å². The number of hydrogen-bond donors (Lipinski definition) is 0. The minimum Gasteiger partial charge on any atom is -0.453 e. The largest absolute Gasteiger partial charge is 0.453 e. The van der Waals surface area contributed by atoms with Crippen LogP contribution in [0.2, 0.25) is 5.02 Å².